The Morgan fingerprint density at radius 3 is 2.16 bits per heavy atom. The number of aromatic nitrogens is 2. The van der Waals surface area contributed by atoms with Crippen LogP contribution >= 0.6 is 11.3 Å². The lowest BCUT2D eigenvalue weighted by molar-refractivity contribution is -0.135. The minimum Gasteiger partial charge on any atom is -0.418 e. The van der Waals surface area contributed by atoms with Gasteiger partial charge < -0.3 is 14.2 Å². The molecule has 2 amide bonds. The summed E-state index contributed by atoms with van der Waals surface area (Å²) in [5.41, 5.74) is 0. The zero-order valence-electron chi connectivity index (χ0n) is 19.3. The summed E-state index contributed by atoms with van der Waals surface area (Å²) in [5, 5.41) is 10.2. The molecule has 1 fully saturated rings. The molecule has 9 nitrogen and oxygen atoms in total. The summed E-state index contributed by atoms with van der Waals surface area (Å²) in [7, 11) is 0. The molecule has 176 valence electrons. The van der Waals surface area contributed by atoms with Gasteiger partial charge in [-0.2, -0.15) is 0 Å². The van der Waals surface area contributed by atoms with Crippen LogP contribution in [-0.4, -0.2) is 101 Å². The number of hydrogen-bond acceptors (Lipinski definition) is 8. The number of piperazine rings is 1. The maximum Gasteiger partial charge on any atom is 0.257 e. The maximum absolute atomic E-state index is 13.0. The van der Waals surface area contributed by atoms with E-state index in [1.165, 1.54) is 0 Å². The molecule has 3 rings (SSSR count). The highest BCUT2D eigenvalue weighted by molar-refractivity contribution is 7.13. The minimum atomic E-state index is 0.0652. The van der Waals surface area contributed by atoms with E-state index in [9.17, 15) is 9.59 Å². The van der Waals surface area contributed by atoms with Gasteiger partial charge in [0.25, 0.3) is 5.89 Å². The minimum absolute atomic E-state index is 0.0652. The van der Waals surface area contributed by atoms with Crippen molar-refractivity contribution in [3.63, 3.8) is 0 Å². The number of nitrogens with zero attached hydrogens (tertiary/aromatic N) is 6. The van der Waals surface area contributed by atoms with Crippen LogP contribution in [0.1, 0.15) is 33.1 Å². The normalized spacial score (nSPS) is 15.1. The first-order valence-corrected chi connectivity index (χ1v) is 12.3. The molecule has 0 unspecified atom stereocenters. The van der Waals surface area contributed by atoms with Crippen LogP contribution in [0.4, 0.5) is 0 Å². The van der Waals surface area contributed by atoms with Crippen LogP contribution in [-0.2, 0) is 16.1 Å². The second-order valence-electron chi connectivity index (χ2n) is 7.91. The number of carbonyl (C=O) groups is 2. The first-order chi connectivity index (χ1) is 15.5. The molecule has 0 N–H and O–H groups in total. The van der Waals surface area contributed by atoms with Crippen molar-refractivity contribution in [1.29, 1.82) is 0 Å². The lowest BCUT2D eigenvalue weighted by Gasteiger charge is -2.35. The predicted octanol–water partition coefficient (Wildman–Crippen LogP) is 2.02. The summed E-state index contributed by atoms with van der Waals surface area (Å²) < 4.78 is 5.77. The molecule has 1 aliphatic rings. The zero-order valence-corrected chi connectivity index (χ0v) is 20.1. The second-order valence-corrected chi connectivity index (χ2v) is 8.86. The Morgan fingerprint density at radius 2 is 1.62 bits per heavy atom. The Hall–Kier alpha value is -2.30. The predicted molar refractivity (Wildman–Crippen MR) is 124 cm³/mol. The molecule has 0 aromatic carbocycles. The highest BCUT2D eigenvalue weighted by atomic mass is 32.1. The summed E-state index contributed by atoms with van der Waals surface area (Å²) in [6.07, 6.45) is 0.860. The Bertz CT molecular complexity index is 844. The van der Waals surface area contributed by atoms with Crippen molar-refractivity contribution in [3.8, 4) is 10.8 Å². The van der Waals surface area contributed by atoms with Gasteiger partial charge in [-0.05, 0) is 31.7 Å². The molecule has 0 atom stereocenters. The van der Waals surface area contributed by atoms with Gasteiger partial charge in [0.2, 0.25) is 17.7 Å². The van der Waals surface area contributed by atoms with Crippen LogP contribution < -0.4 is 0 Å². The van der Waals surface area contributed by atoms with Crippen molar-refractivity contribution in [1.82, 2.24) is 29.8 Å². The molecule has 10 heteroatoms. The van der Waals surface area contributed by atoms with Gasteiger partial charge in [0, 0.05) is 45.8 Å². The van der Waals surface area contributed by atoms with E-state index in [2.05, 4.69) is 26.9 Å². The van der Waals surface area contributed by atoms with Crippen molar-refractivity contribution >= 4 is 23.2 Å². The summed E-state index contributed by atoms with van der Waals surface area (Å²) in [4.78, 5) is 34.2. The van der Waals surface area contributed by atoms with E-state index >= 15 is 0 Å². The molecule has 0 saturated carbocycles. The summed E-state index contributed by atoms with van der Waals surface area (Å²) in [6, 6.07) is 3.88. The van der Waals surface area contributed by atoms with E-state index < -0.39 is 0 Å². The van der Waals surface area contributed by atoms with Crippen LogP contribution in [0.25, 0.3) is 10.8 Å². The Kier molecular flexibility index (Phi) is 9.19. The number of hydrogen-bond donors (Lipinski definition) is 0. The zero-order chi connectivity index (χ0) is 22.9. The quantitative estimate of drug-likeness (QED) is 0.505. The van der Waals surface area contributed by atoms with Gasteiger partial charge in [-0.15, -0.1) is 21.5 Å². The van der Waals surface area contributed by atoms with E-state index in [1.54, 1.807) is 16.2 Å². The van der Waals surface area contributed by atoms with Crippen LogP contribution in [0.5, 0.6) is 0 Å². The van der Waals surface area contributed by atoms with E-state index in [-0.39, 0.29) is 11.8 Å². The Balaban J connectivity index is 1.48. The average molecular weight is 463 g/mol. The smallest absolute Gasteiger partial charge is 0.257 e. The fourth-order valence-corrected chi connectivity index (χ4v) is 4.45. The fraction of sp³-hybridized carbons (Fsp3) is 0.636. The van der Waals surface area contributed by atoms with Gasteiger partial charge in [-0.25, -0.2) is 0 Å². The molecule has 0 spiro atoms. The van der Waals surface area contributed by atoms with E-state index in [1.807, 2.05) is 36.3 Å². The van der Waals surface area contributed by atoms with Crippen molar-refractivity contribution in [2.24, 2.45) is 0 Å². The van der Waals surface area contributed by atoms with Gasteiger partial charge in [0.15, 0.2) is 0 Å². The third-order valence-corrected chi connectivity index (χ3v) is 6.53. The molecule has 1 saturated heterocycles. The van der Waals surface area contributed by atoms with Crippen molar-refractivity contribution in [3.05, 3.63) is 23.4 Å². The second kappa shape index (κ2) is 12.1. The van der Waals surface area contributed by atoms with Crippen LogP contribution in [0, 0.1) is 0 Å². The monoisotopic (exact) mass is 462 g/mol. The molecule has 2 aromatic heterocycles. The van der Waals surface area contributed by atoms with Crippen LogP contribution in [0.2, 0.25) is 0 Å². The highest BCUT2D eigenvalue weighted by Crippen LogP contribution is 2.23. The highest BCUT2D eigenvalue weighted by Gasteiger charge is 2.24. The number of rotatable bonds is 11. The van der Waals surface area contributed by atoms with Gasteiger partial charge in [-0.3, -0.25) is 19.4 Å². The number of likely N-dealkylation sites (N-methyl/N-ethyl adjacent to an activating group) is 1. The molecule has 1 aliphatic heterocycles. The number of thiophene rings is 1. The number of amides is 2. The van der Waals surface area contributed by atoms with Gasteiger partial charge in [0.05, 0.1) is 24.5 Å². The average Bonchev–Trinajstić information content (AvgIpc) is 3.47. The van der Waals surface area contributed by atoms with Crippen molar-refractivity contribution < 1.29 is 14.0 Å². The van der Waals surface area contributed by atoms with Crippen LogP contribution in [0.15, 0.2) is 21.9 Å². The van der Waals surface area contributed by atoms with Crippen molar-refractivity contribution in [2.75, 3.05) is 58.9 Å². The molecule has 0 radical (unpaired) electrons. The van der Waals surface area contributed by atoms with E-state index in [0.29, 0.717) is 38.0 Å². The SMILES string of the molecule is CCCN(Cc1nnc(-c2cccs2)o1)C(=O)CN1CCN(CC(=O)N(CC)CC)CC1. The molecule has 2 aromatic rings. The van der Waals surface area contributed by atoms with Crippen LogP contribution in [0.3, 0.4) is 0 Å². The van der Waals surface area contributed by atoms with Gasteiger partial charge in [-0.1, -0.05) is 13.0 Å². The maximum atomic E-state index is 13.0. The molecule has 0 aliphatic carbocycles. The molecule has 32 heavy (non-hydrogen) atoms. The Morgan fingerprint density at radius 1 is 1.00 bits per heavy atom. The molecule has 3 heterocycles. The summed E-state index contributed by atoms with van der Waals surface area (Å²) >= 11 is 1.54. The Labute approximate surface area is 194 Å². The lowest BCUT2D eigenvalue weighted by Crippen LogP contribution is -2.52. The third-order valence-electron chi connectivity index (χ3n) is 5.67. The lowest BCUT2D eigenvalue weighted by atomic mass is 10.3. The fourth-order valence-electron chi connectivity index (χ4n) is 3.81. The number of carbonyl (C=O) groups excluding carboxylic acids is 2. The van der Waals surface area contributed by atoms with Gasteiger partial charge in [0.1, 0.15) is 0 Å². The topological polar surface area (TPSA) is 86.0 Å². The first-order valence-electron chi connectivity index (χ1n) is 11.4. The largest absolute Gasteiger partial charge is 0.418 e. The standard InChI is InChI=1S/C22H34N6O3S/c1-4-9-28(15-19-23-24-22(31-19)18-8-7-14-32-18)21(30)17-26-12-10-25(11-13-26)16-20(29)27(5-2)6-3/h7-8,14H,4-6,9-13,15-17H2,1-3H3. The van der Waals surface area contributed by atoms with E-state index in [4.69, 9.17) is 4.42 Å². The summed E-state index contributed by atoms with van der Waals surface area (Å²) in [5.74, 6) is 1.19. The first kappa shape index (κ1) is 24.3. The molecular formula is C22H34N6O3S. The van der Waals surface area contributed by atoms with E-state index in [0.717, 1.165) is 50.6 Å². The third kappa shape index (κ3) is 6.60. The van der Waals surface area contributed by atoms with Crippen molar-refractivity contribution in [2.45, 2.75) is 33.7 Å². The summed E-state index contributed by atoms with van der Waals surface area (Å²) in [6.45, 7) is 12.5. The molecular weight excluding hydrogens is 428 g/mol. The van der Waals surface area contributed by atoms with Gasteiger partial charge >= 0.3 is 0 Å². The molecule has 0 bridgehead atoms.